The SMILES string of the molecule is COC(=O)C(C(=O)C(C)C)S(=O)(=O)c1ccccc1. The van der Waals surface area contributed by atoms with Gasteiger partial charge in [-0.05, 0) is 12.1 Å². The molecule has 0 amide bonds. The zero-order valence-corrected chi connectivity index (χ0v) is 11.8. The number of hydrogen-bond donors (Lipinski definition) is 0. The van der Waals surface area contributed by atoms with Gasteiger partial charge in [-0.1, -0.05) is 32.0 Å². The molecule has 0 aliphatic heterocycles. The van der Waals surface area contributed by atoms with Crippen LogP contribution in [0.1, 0.15) is 13.8 Å². The molecule has 0 N–H and O–H groups in total. The van der Waals surface area contributed by atoms with Gasteiger partial charge in [0.25, 0.3) is 0 Å². The van der Waals surface area contributed by atoms with Crippen molar-refractivity contribution in [3.05, 3.63) is 30.3 Å². The topological polar surface area (TPSA) is 77.5 Å². The van der Waals surface area contributed by atoms with Gasteiger partial charge in [-0.3, -0.25) is 9.59 Å². The number of ether oxygens (including phenoxy) is 1. The minimum absolute atomic E-state index is 0.0700. The van der Waals surface area contributed by atoms with Crippen molar-refractivity contribution in [1.29, 1.82) is 0 Å². The standard InChI is InChI=1S/C13H16O5S/c1-9(2)11(14)12(13(15)18-3)19(16,17)10-7-5-4-6-8-10/h4-9,12H,1-3H3. The maximum Gasteiger partial charge on any atom is 0.332 e. The Morgan fingerprint density at radius 1 is 1.11 bits per heavy atom. The van der Waals surface area contributed by atoms with Gasteiger partial charge in [0.1, 0.15) is 0 Å². The van der Waals surface area contributed by atoms with Crippen LogP contribution < -0.4 is 0 Å². The summed E-state index contributed by atoms with van der Waals surface area (Å²) < 4.78 is 29.2. The summed E-state index contributed by atoms with van der Waals surface area (Å²) in [7, 11) is -3.02. The van der Waals surface area contributed by atoms with Crippen molar-refractivity contribution >= 4 is 21.6 Å². The van der Waals surface area contributed by atoms with E-state index in [-0.39, 0.29) is 4.90 Å². The summed E-state index contributed by atoms with van der Waals surface area (Å²) in [6.07, 6.45) is 0. The highest BCUT2D eigenvalue weighted by molar-refractivity contribution is 7.93. The van der Waals surface area contributed by atoms with Crippen molar-refractivity contribution in [2.45, 2.75) is 24.0 Å². The lowest BCUT2D eigenvalue weighted by Crippen LogP contribution is -2.41. The first kappa shape index (κ1) is 15.4. The van der Waals surface area contributed by atoms with E-state index in [0.717, 1.165) is 7.11 Å². The van der Waals surface area contributed by atoms with Crippen LogP contribution in [-0.4, -0.2) is 32.5 Å². The lowest BCUT2D eigenvalue weighted by atomic mass is 10.1. The lowest BCUT2D eigenvalue weighted by molar-refractivity contribution is -0.143. The molecule has 1 aromatic rings. The Labute approximate surface area is 112 Å². The van der Waals surface area contributed by atoms with E-state index >= 15 is 0 Å². The van der Waals surface area contributed by atoms with Gasteiger partial charge >= 0.3 is 5.97 Å². The highest BCUT2D eigenvalue weighted by Crippen LogP contribution is 2.20. The summed E-state index contributed by atoms with van der Waals surface area (Å²) in [6, 6.07) is 7.40. The van der Waals surface area contributed by atoms with Crippen molar-refractivity contribution in [1.82, 2.24) is 0 Å². The van der Waals surface area contributed by atoms with E-state index in [1.165, 1.54) is 24.3 Å². The third-order valence-corrected chi connectivity index (χ3v) is 4.60. The summed E-state index contributed by atoms with van der Waals surface area (Å²) in [5, 5.41) is -1.81. The third kappa shape index (κ3) is 3.20. The van der Waals surface area contributed by atoms with Gasteiger partial charge in [0.05, 0.1) is 12.0 Å². The van der Waals surface area contributed by atoms with E-state index in [2.05, 4.69) is 4.74 Å². The molecule has 0 saturated carbocycles. The van der Waals surface area contributed by atoms with Crippen LogP contribution in [-0.2, 0) is 24.2 Å². The second-order valence-electron chi connectivity index (χ2n) is 4.32. The molecule has 1 unspecified atom stereocenters. The van der Waals surface area contributed by atoms with E-state index < -0.39 is 32.8 Å². The maximum atomic E-state index is 12.4. The molecule has 6 heteroatoms. The number of ketones is 1. The van der Waals surface area contributed by atoms with Crippen molar-refractivity contribution in [3.8, 4) is 0 Å². The Hall–Kier alpha value is -1.69. The lowest BCUT2D eigenvalue weighted by Gasteiger charge is -2.16. The summed E-state index contributed by atoms with van der Waals surface area (Å²) in [6.45, 7) is 3.08. The number of hydrogen-bond acceptors (Lipinski definition) is 5. The third-order valence-electron chi connectivity index (χ3n) is 2.62. The van der Waals surface area contributed by atoms with Crippen molar-refractivity contribution in [2.75, 3.05) is 7.11 Å². The summed E-state index contributed by atoms with van der Waals surface area (Å²) in [5.41, 5.74) is 0. The molecule has 1 aromatic carbocycles. The van der Waals surface area contributed by atoms with Crippen molar-refractivity contribution in [3.63, 3.8) is 0 Å². The van der Waals surface area contributed by atoms with E-state index in [0.29, 0.717) is 0 Å². The van der Waals surface area contributed by atoms with Crippen LogP contribution in [0.5, 0.6) is 0 Å². The fraction of sp³-hybridized carbons (Fsp3) is 0.385. The monoisotopic (exact) mass is 284 g/mol. The number of benzene rings is 1. The molecule has 104 valence electrons. The van der Waals surface area contributed by atoms with Gasteiger partial charge < -0.3 is 4.74 Å². The van der Waals surface area contributed by atoms with Crippen LogP contribution in [0.2, 0.25) is 0 Å². The first-order valence-electron chi connectivity index (χ1n) is 5.73. The van der Waals surface area contributed by atoms with E-state index in [1.54, 1.807) is 19.9 Å². The molecular weight excluding hydrogens is 268 g/mol. The second kappa shape index (κ2) is 5.97. The Kier molecular flexibility index (Phi) is 4.83. The smallest absolute Gasteiger partial charge is 0.332 e. The zero-order valence-electron chi connectivity index (χ0n) is 11.0. The number of sulfone groups is 1. The average Bonchev–Trinajstić information content (AvgIpc) is 2.39. The minimum Gasteiger partial charge on any atom is -0.468 e. The molecule has 0 fully saturated rings. The number of Topliss-reactive ketones (excluding diaryl/α,β-unsaturated/α-hetero) is 1. The maximum absolute atomic E-state index is 12.4. The van der Waals surface area contributed by atoms with E-state index in [9.17, 15) is 18.0 Å². The molecule has 5 nitrogen and oxygen atoms in total. The molecule has 0 radical (unpaired) electrons. The molecule has 1 atom stereocenters. The van der Waals surface area contributed by atoms with Crippen LogP contribution in [0.15, 0.2) is 35.2 Å². The van der Waals surface area contributed by atoms with E-state index in [1.807, 2.05) is 0 Å². The molecule has 0 heterocycles. The second-order valence-corrected chi connectivity index (χ2v) is 6.35. The fourth-order valence-electron chi connectivity index (χ4n) is 1.55. The Balaban J connectivity index is 3.33. The van der Waals surface area contributed by atoms with Crippen molar-refractivity contribution in [2.24, 2.45) is 5.92 Å². The molecule has 0 spiro atoms. The predicted octanol–water partition coefficient (Wildman–Crippen LogP) is 1.23. The first-order valence-corrected chi connectivity index (χ1v) is 7.27. The molecular formula is C13H16O5S. The molecule has 1 rings (SSSR count). The molecule has 0 aliphatic carbocycles. The highest BCUT2D eigenvalue weighted by Gasteiger charge is 2.41. The van der Waals surface area contributed by atoms with Gasteiger partial charge in [-0.15, -0.1) is 0 Å². The highest BCUT2D eigenvalue weighted by atomic mass is 32.2. The Morgan fingerprint density at radius 2 is 1.63 bits per heavy atom. The summed E-state index contributed by atoms with van der Waals surface area (Å²) >= 11 is 0. The van der Waals surface area contributed by atoms with Gasteiger partial charge in [0.15, 0.2) is 15.6 Å². The molecule has 0 bridgehead atoms. The average molecular weight is 284 g/mol. The minimum atomic E-state index is -4.08. The first-order chi connectivity index (χ1) is 8.82. The molecule has 0 aromatic heterocycles. The van der Waals surface area contributed by atoms with Crippen LogP contribution in [0.25, 0.3) is 0 Å². The van der Waals surface area contributed by atoms with E-state index in [4.69, 9.17) is 0 Å². The normalized spacial score (nSPS) is 13.1. The van der Waals surface area contributed by atoms with Gasteiger partial charge in [-0.25, -0.2) is 8.42 Å². The van der Waals surface area contributed by atoms with Gasteiger partial charge in [0, 0.05) is 5.92 Å². The fourth-order valence-corrected chi connectivity index (χ4v) is 3.29. The number of rotatable bonds is 5. The number of carbonyl (C=O) groups excluding carboxylic acids is 2. The number of carbonyl (C=O) groups is 2. The molecule has 0 saturated heterocycles. The number of esters is 1. The summed E-state index contributed by atoms with van der Waals surface area (Å²) in [4.78, 5) is 23.6. The van der Waals surface area contributed by atoms with Crippen LogP contribution >= 0.6 is 0 Å². The van der Waals surface area contributed by atoms with Crippen LogP contribution in [0, 0.1) is 5.92 Å². The predicted molar refractivity (Wildman–Crippen MR) is 69.3 cm³/mol. The Morgan fingerprint density at radius 3 is 2.05 bits per heavy atom. The van der Waals surface area contributed by atoms with Crippen LogP contribution in [0.4, 0.5) is 0 Å². The zero-order chi connectivity index (χ0) is 14.6. The largest absolute Gasteiger partial charge is 0.468 e. The van der Waals surface area contributed by atoms with Crippen LogP contribution in [0.3, 0.4) is 0 Å². The molecule has 19 heavy (non-hydrogen) atoms. The molecule has 0 aliphatic rings. The number of methoxy groups -OCH3 is 1. The van der Waals surface area contributed by atoms with Gasteiger partial charge in [0.2, 0.25) is 5.25 Å². The quantitative estimate of drug-likeness (QED) is 0.600. The summed E-state index contributed by atoms with van der Waals surface area (Å²) in [5.74, 6) is -2.30. The Bertz CT molecular complexity index is 560. The van der Waals surface area contributed by atoms with Gasteiger partial charge in [-0.2, -0.15) is 0 Å². The van der Waals surface area contributed by atoms with Crippen molar-refractivity contribution < 1.29 is 22.7 Å².